The topological polar surface area (TPSA) is 55.1 Å². The minimum absolute atomic E-state index is 0.0803. The Morgan fingerprint density at radius 3 is 2.86 bits per heavy atom. The highest BCUT2D eigenvalue weighted by Gasteiger charge is 2.42. The Balaban J connectivity index is 2.15. The first-order valence-electron chi connectivity index (χ1n) is 4.90. The van der Waals surface area contributed by atoms with E-state index in [-0.39, 0.29) is 11.4 Å². The van der Waals surface area contributed by atoms with Gasteiger partial charge in [-0.15, -0.1) is 0 Å². The van der Waals surface area contributed by atoms with Crippen molar-refractivity contribution >= 4 is 11.6 Å². The molecule has 0 aromatic heterocycles. The molecule has 1 aliphatic carbocycles. The molecule has 3 heteroatoms. The number of fused-ring (bicyclic) bond motifs is 1. The molecule has 0 bridgehead atoms. The third kappa shape index (κ3) is 0.990. The van der Waals surface area contributed by atoms with Crippen molar-refractivity contribution in [3.8, 4) is 0 Å². The number of carbonyl (C=O) groups is 1. The molecule has 3 nitrogen and oxygen atoms in total. The van der Waals surface area contributed by atoms with Crippen molar-refractivity contribution in [2.45, 2.75) is 24.8 Å². The summed E-state index contributed by atoms with van der Waals surface area (Å²) in [5, 5.41) is 2.84. The number of amides is 1. The molecule has 72 valence electrons. The van der Waals surface area contributed by atoms with E-state index >= 15 is 0 Å². The molecule has 14 heavy (non-hydrogen) atoms. The van der Waals surface area contributed by atoms with Gasteiger partial charge in [-0.2, -0.15) is 0 Å². The van der Waals surface area contributed by atoms with Crippen molar-refractivity contribution in [2.75, 3.05) is 5.32 Å². The van der Waals surface area contributed by atoms with Gasteiger partial charge in [0.2, 0.25) is 5.91 Å². The van der Waals surface area contributed by atoms with Gasteiger partial charge >= 0.3 is 0 Å². The van der Waals surface area contributed by atoms with E-state index < -0.39 is 0 Å². The fraction of sp³-hybridized carbons (Fsp3) is 0.364. The van der Waals surface area contributed by atoms with Crippen molar-refractivity contribution in [1.82, 2.24) is 0 Å². The molecule has 3 rings (SSSR count). The molecular formula is C11H12N2O. The van der Waals surface area contributed by atoms with E-state index in [1.165, 1.54) is 0 Å². The summed E-state index contributed by atoms with van der Waals surface area (Å²) in [6.07, 6.45) is 2.57. The van der Waals surface area contributed by atoms with Gasteiger partial charge in [-0.25, -0.2) is 0 Å². The predicted octanol–water partition coefficient (Wildman–Crippen LogP) is 1.13. The van der Waals surface area contributed by atoms with Crippen LogP contribution in [0.15, 0.2) is 18.2 Å². The standard InChI is InChI=1S/C11H12N2O/c12-11(4-5-11)8-2-1-3-9-7(8)6-10(14)13-9/h1-3H,4-6,12H2,(H,13,14). The molecule has 1 fully saturated rings. The fourth-order valence-electron chi connectivity index (χ4n) is 2.12. The van der Waals surface area contributed by atoms with E-state index in [2.05, 4.69) is 5.32 Å². The lowest BCUT2D eigenvalue weighted by Gasteiger charge is -2.13. The minimum Gasteiger partial charge on any atom is -0.326 e. The fourth-order valence-corrected chi connectivity index (χ4v) is 2.12. The monoisotopic (exact) mass is 188 g/mol. The van der Waals surface area contributed by atoms with Crippen LogP contribution in [-0.2, 0) is 16.8 Å². The average Bonchev–Trinajstić information content (AvgIpc) is 2.78. The van der Waals surface area contributed by atoms with Gasteiger partial charge in [-0.3, -0.25) is 4.79 Å². The Hall–Kier alpha value is -1.35. The van der Waals surface area contributed by atoms with Crippen LogP contribution in [0.25, 0.3) is 0 Å². The highest BCUT2D eigenvalue weighted by Crippen LogP contribution is 2.46. The van der Waals surface area contributed by atoms with Crippen LogP contribution < -0.4 is 11.1 Å². The average molecular weight is 188 g/mol. The number of carbonyl (C=O) groups excluding carboxylic acids is 1. The Bertz CT molecular complexity index is 421. The molecule has 1 amide bonds. The molecule has 1 heterocycles. The van der Waals surface area contributed by atoms with Crippen molar-refractivity contribution in [3.63, 3.8) is 0 Å². The summed E-state index contributed by atoms with van der Waals surface area (Å²) >= 11 is 0. The second-order valence-corrected chi connectivity index (χ2v) is 4.21. The first-order valence-corrected chi connectivity index (χ1v) is 4.90. The van der Waals surface area contributed by atoms with Crippen LogP contribution in [0.4, 0.5) is 5.69 Å². The van der Waals surface area contributed by atoms with E-state index in [1.54, 1.807) is 0 Å². The molecule has 0 saturated heterocycles. The predicted molar refractivity (Wildman–Crippen MR) is 53.9 cm³/mol. The maximum Gasteiger partial charge on any atom is 0.228 e. The highest BCUT2D eigenvalue weighted by molar-refractivity contribution is 5.99. The maximum absolute atomic E-state index is 11.2. The Labute approximate surface area is 82.3 Å². The summed E-state index contributed by atoms with van der Waals surface area (Å²) in [5.41, 5.74) is 9.22. The quantitative estimate of drug-likeness (QED) is 0.694. The first kappa shape index (κ1) is 8.00. The third-order valence-corrected chi connectivity index (χ3v) is 3.11. The van der Waals surface area contributed by atoms with E-state index in [9.17, 15) is 4.79 Å². The summed E-state index contributed by atoms with van der Waals surface area (Å²) in [6, 6.07) is 5.95. The van der Waals surface area contributed by atoms with E-state index in [4.69, 9.17) is 5.73 Å². The Morgan fingerprint density at radius 1 is 1.36 bits per heavy atom. The van der Waals surface area contributed by atoms with Crippen LogP contribution >= 0.6 is 0 Å². The molecule has 3 N–H and O–H groups in total. The molecule has 0 unspecified atom stereocenters. The number of hydrogen-bond acceptors (Lipinski definition) is 2. The summed E-state index contributed by atoms with van der Waals surface area (Å²) in [7, 11) is 0. The molecule has 0 atom stereocenters. The van der Waals surface area contributed by atoms with Crippen LogP contribution in [0.2, 0.25) is 0 Å². The third-order valence-electron chi connectivity index (χ3n) is 3.11. The Kier molecular flexibility index (Phi) is 1.35. The summed E-state index contributed by atoms with van der Waals surface area (Å²) in [4.78, 5) is 11.2. The van der Waals surface area contributed by atoms with Crippen LogP contribution in [0, 0.1) is 0 Å². The molecule has 1 aliphatic heterocycles. The second kappa shape index (κ2) is 2.36. The lowest BCUT2D eigenvalue weighted by atomic mass is 9.97. The van der Waals surface area contributed by atoms with Gasteiger partial charge in [-0.1, -0.05) is 12.1 Å². The normalized spacial score (nSPS) is 21.6. The van der Waals surface area contributed by atoms with Gasteiger partial charge in [0.15, 0.2) is 0 Å². The van der Waals surface area contributed by atoms with Gasteiger partial charge in [0.25, 0.3) is 0 Å². The molecule has 2 aliphatic rings. The molecule has 0 radical (unpaired) electrons. The van der Waals surface area contributed by atoms with E-state index in [1.807, 2.05) is 18.2 Å². The van der Waals surface area contributed by atoms with E-state index in [0.717, 1.165) is 29.7 Å². The van der Waals surface area contributed by atoms with Crippen molar-refractivity contribution in [3.05, 3.63) is 29.3 Å². The summed E-state index contributed by atoms with van der Waals surface area (Å²) < 4.78 is 0. The molecular weight excluding hydrogens is 176 g/mol. The van der Waals surface area contributed by atoms with Gasteiger partial charge < -0.3 is 11.1 Å². The SMILES string of the molecule is NC1(c2cccc3c2CC(=O)N3)CC1. The molecule has 1 saturated carbocycles. The van der Waals surface area contributed by atoms with Crippen molar-refractivity contribution < 1.29 is 4.79 Å². The van der Waals surface area contributed by atoms with Crippen molar-refractivity contribution in [2.24, 2.45) is 5.73 Å². The molecule has 1 aromatic rings. The van der Waals surface area contributed by atoms with Crippen LogP contribution in [0.5, 0.6) is 0 Å². The maximum atomic E-state index is 11.2. The second-order valence-electron chi connectivity index (χ2n) is 4.21. The van der Waals surface area contributed by atoms with Crippen molar-refractivity contribution in [1.29, 1.82) is 0 Å². The zero-order valence-electron chi connectivity index (χ0n) is 7.84. The zero-order valence-corrected chi connectivity index (χ0v) is 7.84. The number of benzene rings is 1. The zero-order chi connectivity index (χ0) is 9.76. The number of rotatable bonds is 1. The summed E-state index contributed by atoms with van der Waals surface area (Å²) in [5.74, 6) is 0.0803. The minimum atomic E-state index is -0.141. The lowest BCUT2D eigenvalue weighted by Crippen LogP contribution is -2.20. The lowest BCUT2D eigenvalue weighted by molar-refractivity contribution is -0.115. The number of anilines is 1. The summed E-state index contributed by atoms with van der Waals surface area (Å²) in [6.45, 7) is 0. The van der Waals surface area contributed by atoms with Crippen LogP contribution in [-0.4, -0.2) is 5.91 Å². The Morgan fingerprint density at radius 2 is 2.14 bits per heavy atom. The van der Waals surface area contributed by atoms with Gasteiger partial charge in [0.05, 0.1) is 6.42 Å². The smallest absolute Gasteiger partial charge is 0.228 e. The largest absolute Gasteiger partial charge is 0.326 e. The number of hydrogen-bond donors (Lipinski definition) is 2. The van der Waals surface area contributed by atoms with Crippen LogP contribution in [0.1, 0.15) is 24.0 Å². The van der Waals surface area contributed by atoms with Crippen LogP contribution in [0.3, 0.4) is 0 Å². The van der Waals surface area contributed by atoms with Gasteiger partial charge in [0.1, 0.15) is 0 Å². The number of nitrogens with two attached hydrogens (primary N) is 1. The highest BCUT2D eigenvalue weighted by atomic mass is 16.1. The number of nitrogens with one attached hydrogen (secondary N) is 1. The van der Waals surface area contributed by atoms with Gasteiger partial charge in [-0.05, 0) is 30.0 Å². The van der Waals surface area contributed by atoms with E-state index in [0.29, 0.717) is 6.42 Å². The molecule has 0 spiro atoms. The van der Waals surface area contributed by atoms with Gasteiger partial charge in [0, 0.05) is 11.2 Å². The first-order chi connectivity index (χ1) is 6.69. The molecule has 1 aromatic carbocycles.